The lowest BCUT2D eigenvalue weighted by Crippen LogP contribution is -2.23. The third kappa shape index (κ3) is 1.02. The number of aliphatic carboxylic acids is 1. The average Bonchev–Trinajstić information content (AvgIpc) is 3.01. The van der Waals surface area contributed by atoms with Crippen molar-refractivity contribution < 1.29 is 9.90 Å². The normalized spacial score (nSPS) is 17.6. The fraction of sp³-hybridized carbons (Fsp3) is 0.364. The number of hydrogen-bond donors (Lipinski definition) is 1. The Morgan fingerprint density at radius 3 is 2.88 bits per heavy atom. The second-order valence-electron chi connectivity index (χ2n) is 4.23. The van der Waals surface area contributed by atoms with Gasteiger partial charge in [0.25, 0.3) is 0 Å². The van der Waals surface area contributed by atoms with Crippen molar-refractivity contribution in [2.24, 2.45) is 7.05 Å². The third-order valence-electron chi connectivity index (χ3n) is 3.22. The third-order valence-corrected chi connectivity index (χ3v) is 3.22. The molecule has 82 valence electrons. The lowest BCUT2D eigenvalue weighted by molar-refractivity contribution is -0.140. The molecule has 0 amide bonds. The van der Waals surface area contributed by atoms with E-state index >= 15 is 0 Å². The first-order chi connectivity index (χ1) is 7.65. The van der Waals surface area contributed by atoms with Crippen LogP contribution in [0.5, 0.6) is 0 Å². The average molecular weight is 217 g/mol. The Hall–Kier alpha value is -1.91. The van der Waals surface area contributed by atoms with Crippen LogP contribution in [0, 0.1) is 0 Å². The number of rotatable bonds is 2. The fourth-order valence-electron chi connectivity index (χ4n) is 2.11. The maximum Gasteiger partial charge on any atom is 0.317 e. The number of pyridine rings is 1. The largest absolute Gasteiger partial charge is 0.480 e. The number of fused-ring (bicyclic) bond motifs is 1. The second kappa shape index (κ2) is 2.81. The van der Waals surface area contributed by atoms with Crippen molar-refractivity contribution in [3.63, 3.8) is 0 Å². The zero-order valence-corrected chi connectivity index (χ0v) is 8.84. The van der Waals surface area contributed by atoms with Crippen molar-refractivity contribution in [3.8, 4) is 0 Å². The molecule has 0 unspecified atom stereocenters. The van der Waals surface area contributed by atoms with Gasteiger partial charge in [0.05, 0.1) is 0 Å². The Labute approximate surface area is 91.7 Å². The van der Waals surface area contributed by atoms with Crippen LogP contribution in [0.3, 0.4) is 0 Å². The first kappa shape index (κ1) is 9.33. The molecule has 2 aromatic heterocycles. The van der Waals surface area contributed by atoms with Crippen molar-refractivity contribution >= 4 is 17.1 Å². The summed E-state index contributed by atoms with van der Waals surface area (Å²) in [5, 5.41) is 9.23. The minimum atomic E-state index is -0.786. The molecular formula is C11H11N3O2. The summed E-state index contributed by atoms with van der Waals surface area (Å²) in [4.78, 5) is 19.8. The monoisotopic (exact) mass is 217 g/mol. The van der Waals surface area contributed by atoms with Gasteiger partial charge in [-0.25, -0.2) is 9.97 Å². The molecule has 1 saturated carbocycles. The molecule has 2 aromatic rings. The summed E-state index contributed by atoms with van der Waals surface area (Å²) >= 11 is 0. The van der Waals surface area contributed by atoms with Crippen LogP contribution < -0.4 is 0 Å². The molecule has 1 aliphatic carbocycles. The molecule has 0 aliphatic heterocycles. The van der Waals surface area contributed by atoms with E-state index in [1.165, 1.54) is 0 Å². The molecule has 0 aromatic carbocycles. The highest BCUT2D eigenvalue weighted by atomic mass is 16.4. The smallest absolute Gasteiger partial charge is 0.317 e. The minimum absolute atomic E-state index is 0.619. The van der Waals surface area contributed by atoms with Gasteiger partial charge in [0.2, 0.25) is 0 Å². The number of hydrogen-bond acceptors (Lipinski definition) is 3. The summed E-state index contributed by atoms with van der Waals surface area (Å²) in [7, 11) is 1.82. The van der Waals surface area contributed by atoms with Crippen molar-refractivity contribution in [3.05, 3.63) is 24.2 Å². The van der Waals surface area contributed by atoms with Gasteiger partial charge in [-0.1, -0.05) is 0 Å². The van der Waals surface area contributed by atoms with E-state index < -0.39 is 11.4 Å². The Morgan fingerprint density at radius 1 is 1.56 bits per heavy atom. The molecule has 5 nitrogen and oxygen atoms in total. The van der Waals surface area contributed by atoms with Crippen molar-refractivity contribution in [1.82, 2.24) is 14.5 Å². The standard InChI is InChI=1S/C11H11N3O2/c1-14-8-7(3-2-6-12-8)13-9(14)11(4-5-11)10(15)16/h2-3,6H,4-5H2,1H3,(H,15,16). The van der Waals surface area contributed by atoms with Gasteiger partial charge in [0.15, 0.2) is 5.65 Å². The first-order valence-electron chi connectivity index (χ1n) is 5.16. The molecule has 3 rings (SSSR count). The first-order valence-corrected chi connectivity index (χ1v) is 5.16. The highest BCUT2D eigenvalue weighted by molar-refractivity contribution is 5.85. The van der Waals surface area contributed by atoms with Gasteiger partial charge in [-0.15, -0.1) is 0 Å². The van der Waals surface area contributed by atoms with E-state index in [1.807, 2.05) is 13.1 Å². The summed E-state index contributed by atoms with van der Waals surface area (Å²) in [6, 6.07) is 3.66. The molecule has 5 heteroatoms. The maximum absolute atomic E-state index is 11.2. The van der Waals surface area contributed by atoms with E-state index in [9.17, 15) is 9.90 Å². The molecule has 0 atom stereocenters. The SMILES string of the molecule is Cn1c(C2(C(=O)O)CC2)nc2cccnc21. The molecule has 16 heavy (non-hydrogen) atoms. The van der Waals surface area contributed by atoms with Crippen LogP contribution in [0.4, 0.5) is 0 Å². The zero-order valence-electron chi connectivity index (χ0n) is 8.84. The predicted molar refractivity (Wildman–Crippen MR) is 57.1 cm³/mol. The molecule has 1 aliphatic rings. The zero-order chi connectivity index (χ0) is 11.3. The summed E-state index contributed by atoms with van der Waals surface area (Å²) in [5.74, 6) is -0.167. The van der Waals surface area contributed by atoms with Gasteiger partial charge in [0, 0.05) is 13.2 Å². The molecule has 1 fully saturated rings. The highest BCUT2D eigenvalue weighted by Gasteiger charge is 2.55. The van der Waals surface area contributed by atoms with Crippen LogP contribution in [0.25, 0.3) is 11.2 Å². The molecule has 0 radical (unpaired) electrons. The number of nitrogens with zero attached hydrogens (tertiary/aromatic N) is 3. The minimum Gasteiger partial charge on any atom is -0.480 e. The molecule has 0 saturated heterocycles. The lowest BCUT2D eigenvalue weighted by Gasteiger charge is -2.08. The van der Waals surface area contributed by atoms with E-state index in [4.69, 9.17) is 0 Å². The van der Waals surface area contributed by atoms with Crippen LogP contribution in [-0.2, 0) is 17.3 Å². The second-order valence-corrected chi connectivity index (χ2v) is 4.23. The van der Waals surface area contributed by atoms with Gasteiger partial charge in [-0.3, -0.25) is 4.79 Å². The van der Waals surface area contributed by atoms with E-state index in [2.05, 4.69) is 9.97 Å². The van der Waals surface area contributed by atoms with E-state index in [1.54, 1.807) is 16.8 Å². The van der Waals surface area contributed by atoms with Gasteiger partial charge in [-0.05, 0) is 25.0 Å². The number of carbonyl (C=O) groups is 1. The number of carboxylic acids is 1. The quantitative estimate of drug-likeness (QED) is 0.817. The van der Waals surface area contributed by atoms with Crippen LogP contribution in [0.2, 0.25) is 0 Å². The topological polar surface area (TPSA) is 68.0 Å². The van der Waals surface area contributed by atoms with Crippen molar-refractivity contribution in [1.29, 1.82) is 0 Å². The predicted octanol–water partition coefficient (Wildman–Crippen LogP) is 1.08. The number of imidazole rings is 1. The summed E-state index contributed by atoms with van der Waals surface area (Å²) in [6.45, 7) is 0. The molecule has 2 heterocycles. The van der Waals surface area contributed by atoms with E-state index in [0.717, 1.165) is 11.2 Å². The Balaban J connectivity index is 2.26. The van der Waals surface area contributed by atoms with Crippen LogP contribution >= 0.6 is 0 Å². The van der Waals surface area contributed by atoms with E-state index in [-0.39, 0.29) is 0 Å². The number of aromatic nitrogens is 3. The lowest BCUT2D eigenvalue weighted by atomic mass is 10.1. The summed E-state index contributed by atoms with van der Waals surface area (Å²) in [6.07, 6.45) is 3.02. The van der Waals surface area contributed by atoms with Crippen molar-refractivity contribution in [2.75, 3.05) is 0 Å². The van der Waals surface area contributed by atoms with Gasteiger partial charge < -0.3 is 9.67 Å². The van der Waals surface area contributed by atoms with E-state index in [0.29, 0.717) is 18.7 Å². The summed E-state index contributed by atoms with van der Waals surface area (Å²) in [5.41, 5.74) is 0.729. The maximum atomic E-state index is 11.2. The van der Waals surface area contributed by atoms with Gasteiger partial charge >= 0.3 is 5.97 Å². The Bertz CT molecular complexity index is 584. The summed E-state index contributed by atoms with van der Waals surface area (Å²) < 4.78 is 1.79. The Kier molecular flexibility index (Phi) is 1.64. The van der Waals surface area contributed by atoms with Crippen LogP contribution in [0.15, 0.2) is 18.3 Å². The van der Waals surface area contributed by atoms with Crippen LogP contribution in [0.1, 0.15) is 18.7 Å². The number of carboxylic acid groups (broad SMARTS) is 1. The fourth-order valence-corrected chi connectivity index (χ4v) is 2.11. The Morgan fingerprint density at radius 2 is 2.31 bits per heavy atom. The van der Waals surface area contributed by atoms with Gasteiger partial charge in [-0.2, -0.15) is 0 Å². The van der Waals surface area contributed by atoms with Crippen LogP contribution in [-0.4, -0.2) is 25.6 Å². The number of aryl methyl sites for hydroxylation is 1. The highest BCUT2D eigenvalue weighted by Crippen LogP contribution is 2.48. The van der Waals surface area contributed by atoms with Gasteiger partial charge in [0.1, 0.15) is 16.8 Å². The van der Waals surface area contributed by atoms with Crippen molar-refractivity contribution in [2.45, 2.75) is 18.3 Å². The molecule has 0 bridgehead atoms. The molecule has 1 N–H and O–H groups in total. The molecular weight excluding hydrogens is 206 g/mol. The molecule has 0 spiro atoms.